The molecule has 0 unspecified atom stereocenters. The number of carbonyl (C=O) groups is 1. The Hall–Kier alpha value is -1.65. The van der Waals surface area contributed by atoms with Gasteiger partial charge in [0.05, 0.1) is 11.5 Å². The summed E-state index contributed by atoms with van der Waals surface area (Å²) >= 11 is 5.96. The number of carbonyl (C=O) groups excluding carboxylic acids is 1. The van der Waals surface area contributed by atoms with Crippen molar-refractivity contribution >= 4 is 27.2 Å². The minimum absolute atomic E-state index is 0.0171. The van der Waals surface area contributed by atoms with Crippen LogP contribution in [0.25, 0.3) is 0 Å². The maximum Gasteiger partial charge on any atom is 0.163 e. The molecule has 0 amide bonds. The van der Waals surface area contributed by atoms with Crippen molar-refractivity contribution < 1.29 is 13.2 Å². The highest BCUT2D eigenvalue weighted by Crippen LogP contribution is 2.18. The van der Waals surface area contributed by atoms with Crippen molar-refractivity contribution in [3.05, 3.63) is 70.7 Å². The molecular formula is C16H15ClO3S. The van der Waals surface area contributed by atoms with Crippen LogP contribution in [0.1, 0.15) is 22.3 Å². The lowest BCUT2D eigenvalue weighted by Gasteiger charge is -2.06. The first kappa shape index (κ1) is 15.7. The smallest absolute Gasteiger partial charge is 0.163 e. The second kappa shape index (κ2) is 6.87. The first-order chi connectivity index (χ1) is 9.98. The summed E-state index contributed by atoms with van der Waals surface area (Å²) in [6, 6.07) is 15.5. The van der Waals surface area contributed by atoms with Gasteiger partial charge in [0.25, 0.3) is 0 Å². The fourth-order valence-corrected chi connectivity index (χ4v) is 3.59. The summed E-state index contributed by atoms with van der Waals surface area (Å²) in [4.78, 5) is 11.9. The van der Waals surface area contributed by atoms with Crippen LogP contribution in [0.2, 0.25) is 5.02 Å². The summed E-state index contributed by atoms with van der Waals surface area (Å²) in [6.45, 7) is 0. The van der Waals surface area contributed by atoms with E-state index >= 15 is 0 Å². The summed E-state index contributed by atoms with van der Waals surface area (Å²) < 4.78 is 24.2. The van der Waals surface area contributed by atoms with E-state index in [-0.39, 0.29) is 23.7 Å². The zero-order valence-electron chi connectivity index (χ0n) is 11.3. The van der Waals surface area contributed by atoms with Gasteiger partial charge in [0.15, 0.2) is 15.6 Å². The fourth-order valence-electron chi connectivity index (χ4n) is 1.94. The van der Waals surface area contributed by atoms with E-state index in [1.165, 1.54) is 0 Å². The van der Waals surface area contributed by atoms with Crippen LogP contribution in [-0.4, -0.2) is 20.0 Å². The normalized spacial score (nSPS) is 11.3. The minimum Gasteiger partial charge on any atom is -0.294 e. The highest BCUT2D eigenvalue weighted by atomic mass is 35.5. The minimum atomic E-state index is -3.37. The molecule has 0 heterocycles. The summed E-state index contributed by atoms with van der Waals surface area (Å²) in [5.74, 6) is -0.487. The van der Waals surface area contributed by atoms with Crippen molar-refractivity contribution in [2.75, 3.05) is 5.75 Å². The van der Waals surface area contributed by atoms with E-state index in [0.717, 1.165) is 0 Å². The van der Waals surface area contributed by atoms with Gasteiger partial charge < -0.3 is 0 Å². The molecule has 2 aromatic rings. The van der Waals surface area contributed by atoms with E-state index < -0.39 is 9.84 Å². The van der Waals surface area contributed by atoms with Crippen molar-refractivity contribution in [3.8, 4) is 0 Å². The van der Waals surface area contributed by atoms with Crippen molar-refractivity contribution in [1.29, 1.82) is 0 Å². The van der Waals surface area contributed by atoms with E-state index in [0.29, 0.717) is 16.1 Å². The van der Waals surface area contributed by atoms with Crippen LogP contribution in [0.3, 0.4) is 0 Å². The Morgan fingerprint density at radius 1 is 0.952 bits per heavy atom. The number of hydrogen-bond donors (Lipinski definition) is 0. The SMILES string of the molecule is O=C(CCS(=O)(=O)Cc1ccccc1Cl)c1ccccc1. The van der Waals surface area contributed by atoms with Crippen LogP contribution < -0.4 is 0 Å². The second-order valence-electron chi connectivity index (χ2n) is 4.72. The standard InChI is InChI=1S/C16H15ClO3S/c17-15-9-5-4-8-14(15)12-21(19,20)11-10-16(18)13-6-2-1-3-7-13/h1-9H,10-12H2. The van der Waals surface area contributed by atoms with Gasteiger partial charge in [-0.1, -0.05) is 60.1 Å². The van der Waals surface area contributed by atoms with Crippen molar-refractivity contribution in [1.82, 2.24) is 0 Å². The molecule has 0 N–H and O–H groups in total. The van der Waals surface area contributed by atoms with E-state index in [1.54, 1.807) is 48.5 Å². The Morgan fingerprint density at radius 2 is 1.57 bits per heavy atom. The molecule has 0 aromatic heterocycles. The maximum absolute atomic E-state index is 12.1. The third kappa shape index (κ3) is 4.69. The monoisotopic (exact) mass is 322 g/mol. The van der Waals surface area contributed by atoms with E-state index in [2.05, 4.69) is 0 Å². The van der Waals surface area contributed by atoms with Crippen molar-refractivity contribution in [2.45, 2.75) is 12.2 Å². The van der Waals surface area contributed by atoms with Crippen molar-refractivity contribution in [3.63, 3.8) is 0 Å². The fraction of sp³-hybridized carbons (Fsp3) is 0.188. The average molecular weight is 323 g/mol. The van der Waals surface area contributed by atoms with Gasteiger partial charge in [0.2, 0.25) is 0 Å². The quantitative estimate of drug-likeness (QED) is 0.764. The summed E-state index contributed by atoms with van der Waals surface area (Å²) in [6.07, 6.45) is -0.0171. The lowest BCUT2D eigenvalue weighted by atomic mass is 10.1. The van der Waals surface area contributed by atoms with Gasteiger partial charge >= 0.3 is 0 Å². The predicted molar refractivity (Wildman–Crippen MR) is 84.3 cm³/mol. The van der Waals surface area contributed by atoms with E-state index in [1.807, 2.05) is 6.07 Å². The molecule has 0 radical (unpaired) electrons. The highest BCUT2D eigenvalue weighted by Gasteiger charge is 2.16. The molecule has 0 saturated heterocycles. The molecular weight excluding hydrogens is 308 g/mol. The molecule has 0 saturated carbocycles. The number of sulfone groups is 1. The molecule has 2 aromatic carbocycles. The Kier molecular flexibility index (Phi) is 5.15. The number of Topliss-reactive ketones (excluding diaryl/α,β-unsaturated/α-hetero) is 1. The molecule has 0 aliphatic heterocycles. The number of halogens is 1. The van der Waals surface area contributed by atoms with Crippen LogP contribution >= 0.6 is 11.6 Å². The number of ketones is 1. The van der Waals surface area contributed by atoms with E-state index in [9.17, 15) is 13.2 Å². The van der Waals surface area contributed by atoms with Gasteiger partial charge in [-0.25, -0.2) is 8.42 Å². The molecule has 110 valence electrons. The van der Waals surface area contributed by atoms with Crippen molar-refractivity contribution in [2.24, 2.45) is 0 Å². The summed E-state index contributed by atoms with van der Waals surface area (Å²) in [5.41, 5.74) is 1.09. The molecule has 0 bridgehead atoms. The zero-order chi connectivity index (χ0) is 15.3. The molecule has 0 aliphatic carbocycles. The molecule has 5 heteroatoms. The summed E-state index contributed by atoms with van der Waals surface area (Å²) in [7, 11) is -3.37. The largest absolute Gasteiger partial charge is 0.294 e. The van der Waals surface area contributed by atoms with Crippen LogP contribution in [-0.2, 0) is 15.6 Å². The Bertz CT molecular complexity index is 724. The van der Waals surface area contributed by atoms with Gasteiger partial charge in [-0.15, -0.1) is 0 Å². The number of benzene rings is 2. The lowest BCUT2D eigenvalue weighted by Crippen LogP contribution is -2.13. The van der Waals surface area contributed by atoms with Gasteiger partial charge in [-0.05, 0) is 11.6 Å². The van der Waals surface area contributed by atoms with Crippen LogP contribution in [0.5, 0.6) is 0 Å². The molecule has 0 aliphatic rings. The third-order valence-electron chi connectivity index (χ3n) is 3.07. The van der Waals surface area contributed by atoms with Gasteiger partial charge in [-0.2, -0.15) is 0 Å². The second-order valence-corrected chi connectivity index (χ2v) is 7.31. The first-order valence-electron chi connectivity index (χ1n) is 6.50. The Balaban J connectivity index is 1.99. The van der Waals surface area contributed by atoms with E-state index in [4.69, 9.17) is 11.6 Å². The Morgan fingerprint density at radius 3 is 2.24 bits per heavy atom. The van der Waals surface area contributed by atoms with Gasteiger partial charge in [0.1, 0.15) is 0 Å². The third-order valence-corrected chi connectivity index (χ3v) is 5.01. The maximum atomic E-state index is 12.1. The Labute approximate surface area is 129 Å². The first-order valence-corrected chi connectivity index (χ1v) is 8.70. The van der Waals surface area contributed by atoms with Gasteiger partial charge in [-0.3, -0.25) is 4.79 Å². The molecule has 2 rings (SSSR count). The molecule has 3 nitrogen and oxygen atoms in total. The molecule has 0 fully saturated rings. The van der Waals surface area contributed by atoms with Crippen LogP contribution in [0, 0.1) is 0 Å². The van der Waals surface area contributed by atoms with Crippen LogP contribution in [0.4, 0.5) is 0 Å². The summed E-state index contributed by atoms with van der Waals surface area (Å²) in [5, 5.41) is 0.426. The number of hydrogen-bond acceptors (Lipinski definition) is 3. The highest BCUT2D eigenvalue weighted by molar-refractivity contribution is 7.90. The molecule has 21 heavy (non-hydrogen) atoms. The molecule has 0 spiro atoms. The molecule has 0 atom stereocenters. The number of rotatable bonds is 6. The zero-order valence-corrected chi connectivity index (χ0v) is 12.9. The topological polar surface area (TPSA) is 51.2 Å². The van der Waals surface area contributed by atoms with Gasteiger partial charge in [0, 0.05) is 17.0 Å². The average Bonchev–Trinajstić information content (AvgIpc) is 2.48. The van der Waals surface area contributed by atoms with Crippen LogP contribution in [0.15, 0.2) is 54.6 Å². The lowest BCUT2D eigenvalue weighted by molar-refractivity contribution is 0.0988. The predicted octanol–water partition coefficient (Wildman–Crippen LogP) is 3.53.